The lowest BCUT2D eigenvalue weighted by atomic mass is 10.4. The molecule has 1 aliphatic carbocycles. The maximum Gasteiger partial charge on any atom is 0.154 e. The first kappa shape index (κ1) is 8.98. The second-order valence-electron chi connectivity index (χ2n) is 2.66. The van der Waals surface area contributed by atoms with Crippen LogP contribution in [0.2, 0.25) is 0 Å². The molecule has 0 bridgehead atoms. The van der Waals surface area contributed by atoms with Crippen molar-refractivity contribution in [3.8, 4) is 9.75 Å². The zero-order chi connectivity index (χ0) is 9.00. The van der Waals surface area contributed by atoms with Crippen LogP contribution in [0.3, 0.4) is 0 Å². The minimum absolute atomic E-state index is 0.934. The van der Waals surface area contributed by atoms with Crippen LogP contribution in [0, 0.1) is 6.03 Å². The van der Waals surface area contributed by atoms with Gasteiger partial charge in [-0.05, 0) is 45.2 Å². The highest BCUT2D eigenvalue weighted by atomic mass is 127. The quantitative estimate of drug-likeness (QED) is 0.510. The number of hydrogen-bond acceptors (Lipinski definition) is 4. The molecule has 6 heteroatoms. The maximum absolute atomic E-state index is 4.48. The number of thiazole rings is 2. The molecule has 2 aromatic heterocycles. The van der Waals surface area contributed by atoms with E-state index in [-0.39, 0.29) is 0 Å². The molecule has 0 aliphatic heterocycles. The molecule has 2 nitrogen and oxygen atoms in total. The maximum atomic E-state index is 4.48. The van der Waals surface area contributed by atoms with Gasteiger partial charge in [-0.3, -0.25) is 0 Å². The van der Waals surface area contributed by atoms with Crippen molar-refractivity contribution >= 4 is 67.9 Å². The molecule has 13 heavy (non-hydrogen) atoms. The highest BCUT2D eigenvalue weighted by molar-refractivity contribution is 14.1. The van der Waals surface area contributed by atoms with E-state index in [2.05, 4.69) is 55.1 Å². The molecule has 0 aromatic carbocycles. The second-order valence-corrected chi connectivity index (χ2v) is 8.17. The number of aromatic nitrogens is 2. The summed E-state index contributed by atoms with van der Waals surface area (Å²) in [7, 11) is 0. The van der Waals surface area contributed by atoms with E-state index in [1.165, 1.54) is 21.1 Å². The van der Waals surface area contributed by atoms with Crippen LogP contribution < -0.4 is 0 Å². The van der Waals surface area contributed by atoms with Crippen LogP contribution in [0.4, 0.5) is 0 Å². The first-order valence-corrected chi connectivity index (χ1v) is 7.34. The first-order valence-electron chi connectivity index (χ1n) is 3.55. The molecule has 3 rings (SSSR count). The van der Waals surface area contributed by atoms with Gasteiger partial charge in [-0.15, -0.1) is 22.7 Å². The van der Waals surface area contributed by atoms with Gasteiger partial charge in [0.05, 0.1) is 21.1 Å². The van der Waals surface area contributed by atoms with Gasteiger partial charge in [-0.1, -0.05) is 0 Å². The van der Waals surface area contributed by atoms with Crippen molar-refractivity contribution < 1.29 is 0 Å². The van der Waals surface area contributed by atoms with Gasteiger partial charge in [0.15, 0.2) is 6.03 Å². The minimum Gasteiger partial charge on any atom is -0.234 e. The molecule has 0 saturated carbocycles. The summed E-state index contributed by atoms with van der Waals surface area (Å²) < 4.78 is 2.27. The van der Waals surface area contributed by atoms with Crippen molar-refractivity contribution in [3.05, 3.63) is 17.4 Å². The van der Waals surface area contributed by atoms with E-state index in [4.69, 9.17) is 0 Å². The summed E-state index contributed by atoms with van der Waals surface area (Å²) in [6, 6.07) is 0. The standard InChI is InChI=1S/C7H2I2N2S2/c8-6-10-2-1-3-5(4(2)12-6)13-7(9)11-3/h1H2. The van der Waals surface area contributed by atoms with Crippen molar-refractivity contribution in [2.45, 2.75) is 6.42 Å². The molecule has 0 fully saturated rings. The number of halogens is 2. The number of rotatable bonds is 0. The van der Waals surface area contributed by atoms with Crippen molar-refractivity contribution in [3.63, 3.8) is 0 Å². The van der Waals surface area contributed by atoms with Crippen molar-refractivity contribution in [1.82, 2.24) is 9.97 Å². The summed E-state index contributed by atoms with van der Waals surface area (Å²) in [5.41, 5.74) is 2.44. The lowest BCUT2D eigenvalue weighted by Crippen LogP contribution is -1.84. The molecule has 1 aliphatic rings. The Bertz CT molecular complexity index is 444. The molecule has 0 spiro atoms. The predicted octanol–water partition coefficient (Wildman–Crippen LogP) is 3.38. The SMILES string of the molecule is Ic1nc2c(s1)-c1sc(I)nc1C2. The highest BCUT2D eigenvalue weighted by Gasteiger charge is 2.26. The molecule has 0 radical (unpaired) electrons. The summed E-state index contributed by atoms with van der Waals surface area (Å²) >= 11 is 8.11. The Hall–Kier alpha value is 0.720. The van der Waals surface area contributed by atoms with Crippen molar-refractivity contribution in [1.29, 1.82) is 0 Å². The van der Waals surface area contributed by atoms with Gasteiger partial charge >= 0.3 is 0 Å². The largest absolute Gasteiger partial charge is 0.234 e. The lowest BCUT2D eigenvalue weighted by molar-refractivity contribution is 1.07. The summed E-state index contributed by atoms with van der Waals surface area (Å²) in [6.45, 7) is 0. The summed E-state index contributed by atoms with van der Waals surface area (Å²) in [6.07, 6.45) is 0.934. The van der Waals surface area contributed by atoms with Crippen LogP contribution in [0.15, 0.2) is 0 Å². The fourth-order valence-corrected chi connectivity index (χ4v) is 5.09. The Morgan fingerprint density at radius 2 is 1.38 bits per heavy atom. The summed E-state index contributed by atoms with van der Waals surface area (Å²) in [5, 5.41) is 0. The van der Waals surface area contributed by atoms with E-state index in [0.717, 1.165) is 12.4 Å². The highest BCUT2D eigenvalue weighted by Crippen LogP contribution is 2.44. The van der Waals surface area contributed by atoms with Crippen LogP contribution in [0.1, 0.15) is 11.4 Å². The van der Waals surface area contributed by atoms with Gasteiger partial charge in [0, 0.05) is 6.42 Å². The van der Waals surface area contributed by atoms with E-state index >= 15 is 0 Å². The summed E-state index contributed by atoms with van der Waals surface area (Å²) in [5.74, 6) is 0. The summed E-state index contributed by atoms with van der Waals surface area (Å²) in [4.78, 5) is 11.6. The Morgan fingerprint density at radius 1 is 0.923 bits per heavy atom. The zero-order valence-corrected chi connectivity index (χ0v) is 12.1. The molecule has 66 valence electrons. The molecule has 2 aromatic rings. The average Bonchev–Trinajstić information content (AvgIpc) is 2.60. The smallest absolute Gasteiger partial charge is 0.154 e. The Labute approximate surface area is 110 Å². The van der Waals surface area contributed by atoms with E-state index in [1.54, 1.807) is 22.7 Å². The minimum atomic E-state index is 0.934. The van der Waals surface area contributed by atoms with Gasteiger partial charge in [-0.2, -0.15) is 0 Å². The van der Waals surface area contributed by atoms with Gasteiger partial charge in [0.25, 0.3) is 0 Å². The van der Waals surface area contributed by atoms with Crippen molar-refractivity contribution in [2.75, 3.05) is 0 Å². The fourth-order valence-electron chi connectivity index (χ4n) is 1.40. The molecular formula is C7H2I2N2S2. The predicted molar refractivity (Wildman–Crippen MR) is 71.5 cm³/mol. The third kappa shape index (κ3) is 1.37. The van der Waals surface area contributed by atoms with E-state index in [0.29, 0.717) is 0 Å². The third-order valence-corrected chi connectivity index (χ3v) is 5.62. The fraction of sp³-hybridized carbons (Fsp3) is 0.143. The van der Waals surface area contributed by atoms with Crippen LogP contribution in [-0.2, 0) is 6.42 Å². The van der Waals surface area contributed by atoms with Crippen LogP contribution in [0.5, 0.6) is 0 Å². The second kappa shape index (κ2) is 3.11. The van der Waals surface area contributed by atoms with E-state index in [9.17, 15) is 0 Å². The monoisotopic (exact) mass is 432 g/mol. The van der Waals surface area contributed by atoms with Crippen LogP contribution in [0.25, 0.3) is 9.75 Å². The van der Waals surface area contributed by atoms with Gasteiger partial charge < -0.3 is 0 Å². The van der Waals surface area contributed by atoms with Gasteiger partial charge in [0.2, 0.25) is 0 Å². The lowest BCUT2D eigenvalue weighted by Gasteiger charge is -1.83. The molecule has 0 atom stereocenters. The average molecular weight is 432 g/mol. The number of hydrogen-bond donors (Lipinski definition) is 0. The molecule has 0 unspecified atom stereocenters. The third-order valence-electron chi connectivity index (χ3n) is 1.88. The van der Waals surface area contributed by atoms with Gasteiger partial charge in [-0.25, -0.2) is 9.97 Å². The topological polar surface area (TPSA) is 25.8 Å². The van der Waals surface area contributed by atoms with E-state index < -0.39 is 0 Å². The van der Waals surface area contributed by atoms with Crippen LogP contribution >= 0.6 is 67.9 Å². The molecule has 2 heterocycles. The number of fused-ring (bicyclic) bond motifs is 3. The Balaban J connectivity index is 2.28. The normalized spacial score (nSPS) is 13.1. The van der Waals surface area contributed by atoms with Crippen molar-refractivity contribution in [2.24, 2.45) is 0 Å². The molecular weight excluding hydrogens is 430 g/mol. The Kier molecular flexibility index (Phi) is 2.15. The first-order chi connectivity index (χ1) is 6.24. The van der Waals surface area contributed by atoms with E-state index in [1.807, 2.05) is 0 Å². The van der Waals surface area contributed by atoms with Crippen LogP contribution in [-0.4, -0.2) is 9.97 Å². The van der Waals surface area contributed by atoms with Gasteiger partial charge in [0.1, 0.15) is 0 Å². The molecule has 0 amide bonds. The molecule has 0 N–H and O–H groups in total. The molecule has 0 saturated heterocycles. The number of nitrogens with zero attached hydrogens (tertiary/aromatic N) is 2. The zero-order valence-electron chi connectivity index (χ0n) is 6.17. The Morgan fingerprint density at radius 3 is 1.85 bits per heavy atom.